The van der Waals surface area contributed by atoms with Crippen molar-refractivity contribution in [2.45, 2.75) is 20.3 Å². The van der Waals surface area contributed by atoms with Gasteiger partial charge in [-0.2, -0.15) is 0 Å². The average molecular weight is 230 g/mol. The van der Waals surface area contributed by atoms with Crippen LogP contribution in [0.2, 0.25) is 0 Å². The number of hydrogen-bond acceptors (Lipinski definition) is 3. The van der Waals surface area contributed by atoms with E-state index in [1.165, 1.54) is 32.8 Å². The van der Waals surface area contributed by atoms with Gasteiger partial charge in [-0.3, -0.25) is 14.4 Å². The minimum Gasteiger partial charge on any atom is -0.481 e. The van der Waals surface area contributed by atoms with Crippen molar-refractivity contribution in [2.75, 3.05) is 20.6 Å². The zero-order valence-corrected chi connectivity index (χ0v) is 10.0. The second-order valence-corrected chi connectivity index (χ2v) is 4.29. The summed E-state index contributed by atoms with van der Waals surface area (Å²) in [5, 5.41) is 11.2. The molecule has 0 rings (SSSR count). The third-order valence-corrected chi connectivity index (χ3v) is 2.26. The van der Waals surface area contributed by atoms with E-state index in [4.69, 9.17) is 5.11 Å². The van der Waals surface area contributed by atoms with Gasteiger partial charge in [0, 0.05) is 20.5 Å². The Morgan fingerprint density at radius 1 is 1.31 bits per heavy atom. The monoisotopic (exact) mass is 230 g/mol. The van der Waals surface area contributed by atoms with Crippen molar-refractivity contribution in [1.29, 1.82) is 0 Å². The Balaban J connectivity index is 4.36. The summed E-state index contributed by atoms with van der Waals surface area (Å²) in [6, 6.07) is 0. The van der Waals surface area contributed by atoms with E-state index in [0.717, 1.165) is 0 Å². The maximum atomic E-state index is 11.6. The molecule has 0 radical (unpaired) electrons. The van der Waals surface area contributed by atoms with Gasteiger partial charge < -0.3 is 15.3 Å². The highest BCUT2D eigenvalue weighted by atomic mass is 16.4. The molecule has 2 amide bonds. The molecule has 0 aliphatic carbocycles. The molecule has 0 atom stereocenters. The number of nitrogens with zero attached hydrogens (tertiary/aromatic N) is 1. The van der Waals surface area contributed by atoms with Crippen LogP contribution in [0.4, 0.5) is 0 Å². The molecular formula is C10H18N2O4. The SMILES string of the molecule is CNC(=O)CN(C)C(=O)CC(C)(C)C(=O)O. The van der Waals surface area contributed by atoms with Crippen LogP contribution in [0.3, 0.4) is 0 Å². The lowest BCUT2D eigenvalue weighted by molar-refractivity contribution is -0.151. The van der Waals surface area contributed by atoms with Gasteiger partial charge >= 0.3 is 5.97 Å². The molecule has 0 heterocycles. The zero-order chi connectivity index (χ0) is 12.9. The van der Waals surface area contributed by atoms with Crippen molar-refractivity contribution in [3.8, 4) is 0 Å². The number of carbonyl (C=O) groups is 3. The van der Waals surface area contributed by atoms with Crippen molar-refractivity contribution >= 4 is 17.8 Å². The number of carboxylic acid groups (broad SMARTS) is 1. The number of hydrogen-bond donors (Lipinski definition) is 2. The highest BCUT2D eigenvalue weighted by molar-refractivity contribution is 5.87. The highest BCUT2D eigenvalue weighted by Gasteiger charge is 2.31. The van der Waals surface area contributed by atoms with Crippen LogP contribution < -0.4 is 5.32 Å². The smallest absolute Gasteiger partial charge is 0.309 e. The largest absolute Gasteiger partial charge is 0.481 e. The van der Waals surface area contributed by atoms with Crippen molar-refractivity contribution in [2.24, 2.45) is 5.41 Å². The first-order valence-electron chi connectivity index (χ1n) is 4.88. The molecule has 0 fully saturated rings. The van der Waals surface area contributed by atoms with Gasteiger partial charge in [0.15, 0.2) is 0 Å². The van der Waals surface area contributed by atoms with Crippen molar-refractivity contribution < 1.29 is 19.5 Å². The van der Waals surface area contributed by atoms with Crippen LogP contribution in [-0.2, 0) is 14.4 Å². The summed E-state index contributed by atoms with van der Waals surface area (Å²) in [5.41, 5.74) is -1.12. The number of amides is 2. The zero-order valence-electron chi connectivity index (χ0n) is 10.0. The van der Waals surface area contributed by atoms with Gasteiger partial charge in [0.25, 0.3) is 0 Å². The van der Waals surface area contributed by atoms with Crippen molar-refractivity contribution in [1.82, 2.24) is 10.2 Å². The minimum atomic E-state index is -1.12. The molecule has 6 nitrogen and oxygen atoms in total. The van der Waals surface area contributed by atoms with Gasteiger partial charge in [-0.15, -0.1) is 0 Å². The molecule has 6 heteroatoms. The van der Waals surface area contributed by atoms with E-state index in [0.29, 0.717) is 0 Å². The normalized spacial score (nSPS) is 10.8. The molecule has 0 saturated heterocycles. The average Bonchev–Trinajstić information content (AvgIpc) is 2.16. The first-order valence-corrected chi connectivity index (χ1v) is 4.88. The fourth-order valence-electron chi connectivity index (χ4n) is 0.971. The summed E-state index contributed by atoms with van der Waals surface area (Å²) in [6.07, 6.45) is -0.129. The molecule has 2 N–H and O–H groups in total. The van der Waals surface area contributed by atoms with Gasteiger partial charge in [-0.05, 0) is 13.8 Å². The molecule has 0 aromatic heterocycles. The van der Waals surface area contributed by atoms with E-state index in [-0.39, 0.29) is 24.8 Å². The molecule has 0 spiro atoms. The fraction of sp³-hybridized carbons (Fsp3) is 0.700. The van der Waals surface area contributed by atoms with Crippen molar-refractivity contribution in [3.63, 3.8) is 0 Å². The Bertz CT molecular complexity index is 299. The summed E-state index contributed by atoms with van der Waals surface area (Å²) in [4.78, 5) is 34.6. The Morgan fingerprint density at radius 3 is 2.19 bits per heavy atom. The predicted octanol–water partition coefficient (Wildman–Crippen LogP) is -0.308. The Morgan fingerprint density at radius 2 is 1.81 bits per heavy atom. The first-order chi connectivity index (χ1) is 7.20. The van der Waals surface area contributed by atoms with Gasteiger partial charge in [0.05, 0.1) is 12.0 Å². The third kappa shape index (κ3) is 4.29. The highest BCUT2D eigenvalue weighted by Crippen LogP contribution is 2.21. The minimum absolute atomic E-state index is 0.0645. The van der Waals surface area contributed by atoms with Gasteiger partial charge in [0.2, 0.25) is 11.8 Å². The van der Waals surface area contributed by atoms with Crippen LogP contribution in [0.1, 0.15) is 20.3 Å². The van der Waals surface area contributed by atoms with E-state index in [1.807, 2.05) is 0 Å². The first kappa shape index (κ1) is 14.4. The molecule has 0 bridgehead atoms. The molecule has 0 saturated carbocycles. The maximum Gasteiger partial charge on any atom is 0.309 e. The summed E-state index contributed by atoms with van der Waals surface area (Å²) < 4.78 is 0. The third-order valence-electron chi connectivity index (χ3n) is 2.26. The Labute approximate surface area is 94.6 Å². The number of likely N-dealkylation sites (N-methyl/N-ethyl adjacent to an activating group) is 2. The Kier molecular flexibility index (Phi) is 4.94. The van der Waals surface area contributed by atoms with E-state index in [9.17, 15) is 14.4 Å². The number of carbonyl (C=O) groups excluding carboxylic acids is 2. The second kappa shape index (κ2) is 5.48. The molecular weight excluding hydrogens is 212 g/mol. The number of nitrogens with one attached hydrogen (secondary N) is 1. The quantitative estimate of drug-likeness (QED) is 0.678. The predicted molar refractivity (Wildman–Crippen MR) is 57.7 cm³/mol. The fourth-order valence-corrected chi connectivity index (χ4v) is 0.971. The van der Waals surface area contributed by atoms with Crippen LogP contribution in [0.25, 0.3) is 0 Å². The molecule has 92 valence electrons. The lowest BCUT2D eigenvalue weighted by Crippen LogP contribution is -2.40. The standard InChI is InChI=1S/C10H18N2O4/c1-10(2,9(15)16)5-8(14)12(4)6-7(13)11-3/h5-6H2,1-4H3,(H,11,13)(H,15,16). The maximum absolute atomic E-state index is 11.6. The van der Waals surface area contributed by atoms with E-state index in [2.05, 4.69) is 5.32 Å². The van der Waals surface area contributed by atoms with E-state index in [1.54, 1.807) is 0 Å². The summed E-state index contributed by atoms with van der Waals surface area (Å²) >= 11 is 0. The van der Waals surface area contributed by atoms with Crippen LogP contribution in [-0.4, -0.2) is 48.4 Å². The van der Waals surface area contributed by atoms with Gasteiger partial charge in [0.1, 0.15) is 0 Å². The van der Waals surface area contributed by atoms with Gasteiger partial charge in [-0.1, -0.05) is 0 Å². The topological polar surface area (TPSA) is 86.7 Å². The number of aliphatic carboxylic acids is 1. The number of rotatable bonds is 5. The summed E-state index contributed by atoms with van der Waals surface area (Å²) in [7, 11) is 2.94. The van der Waals surface area contributed by atoms with Gasteiger partial charge in [-0.25, -0.2) is 0 Å². The van der Waals surface area contributed by atoms with Crippen LogP contribution in [0.15, 0.2) is 0 Å². The second-order valence-electron chi connectivity index (χ2n) is 4.29. The lowest BCUT2D eigenvalue weighted by Gasteiger charge is -2.22. The van der Waals surface area contributed by atoms with Crippen LogP contribution >= 0.6 is 0 Å². The van der Waals surface area contributed by atoms with E-state index < -0.39 is 11.4 Å². The summed E-state index contributed by atoms with van der Waals surface area (Å²) in [6.45, 7) is 2.88. The summed E-state index contributed by atoms with van der Waals surface area (Å²) in [5.74, 6) is -1.69. The number of carboxylic acids is 1. The van der Waals surface area contributed by atoms with Crippen LogP contribution in [0.5, 0.6) is 0 Å². The molecule has 16 heavy (non-hydrogen) atoms. The Hall–Kier alpha value is -1.59. The lowest BCUT2D eigenvalue weighted by atomic mass is 9.89. The molecule has 0 aromatic rings. The molecule has 0 unspecified atom stereocenters. The molecule has 0 aromatic carbocycles. The van der Waals surface area contributed by atoms with E-state index >= 15 is 0 Å². The van der Waals surface area contributed by atoms with Crippen LogP contribution in [0, 0.1) is 5.41 Å². The van der Waals surface area contributed by atoms with Crippen molar-refractivity contribution in [3.05, 3.63) is 0 Å². The molecule has 0 aliphatic heterocycles. The molecule has 0 aliphatic rings.